The predicted molar refractivity (Wildman–Crippen MR) is 67.4 cm³/mol. The summed E-state index contributed by atoms with van der Waals surface area (Å²) in [7, 11) is -0.274. The summed E-state index contributed by atoms with van der Waals surface area (Å²) in [5, 5.41) is 0. The van der Waals surface area contributed by atoms with Crippen LogP contribution in [0, 0.1) is 5.92 Å². The molecule has 0 saturated carbocycles. The molecule has 0 nitrogen and oxygen atoms in total. The molecule has 0 saturated heterocycles. The first-order chi connectivity index (χ1) is 5.70. The molecule has 0 N–H and O–H groups in total. The van der Waals surface area contributed by atoms with Crippen LogP contribution < -0.4 is 24.8 Å². The SMILES string of the molecule is CCCCC(CC)CC[SiH](C)C.[Cl-].[Cl-].[Mg+2]. The van der Waals surface area contributed by atoms with Gasteiger partial charge in [-0.2, -0.15) is 0 Å². The van der Waals surface area contributed by atoms with E-state index >= 15 is 0 Å². The van der Waals surface area contributed by atoms with Crippen molar-refractivity contribution in [1.29, 1.82) is 0 Å². The second-order valence-electron chi connectivity index (χ2n) is 4.39. The van der Waals surface area contributed by atoms with Crippen molar-refractivity contribution in [2.75, 3.05) is 0 Å². The molecule has 90 valence electrons. The van der Waals surface area contributed by atoms with Crippen LogP contribution in [-0.4, -0.2) is 31.8 Å². The quantitative estimate of drug-likeness (QED) is 0.461. The minimum absolute atomic E-state index is 0. The van der Waals surface area contributed by atoms with Gasteiger partial charge in [0.15, 0.2) is 0 Å². The standard InChI is InChI=1S/C11H26Si.2ClH.Mg/c1-5-7-8-11(6-2)9-10-12(3)4;;;/h11-12H,5-10H2,1-4H3;2*1H;/q;;;+2/p-2. The summed E-state index contributed by atoms with van der Waals surface area (Å²) in [4.78, 5) is 0. The molecule has 4 heteroatoms. The monoisotopic (exact) mass is 280 g/mol. The van der Waals surface area contributed by atoms with Crippen molar-refractivity contribution in [3.63, 3.8) is 0 Å². The summed E-state index contributed by atoms with van der Waals surface area (Å²) in [5.41, 5.74) is 0. The maximum absolute atomic E-state index is 2.46. The van der Waals surface area contributed by atoms with Gasteiger partial charge in [-0.25, -0.2) is 0 Å². The van der Waals surface area contributed by atoms with Gasteiger partial charge in [-0.1, -0.05) is 65.1 Å². The minimum atomic E-state index is -0.274. The minimum Gasteiger partial charge on any atom is -1.00 e. The van der Waals surface area contributed by atoms with E-state index in [0.29, 0.717) is 0 Å². The van der Waals surface area contributed by atoms with Gasteiger partial charge < -0.3 is 24.8 Å². The molecular formula is C11H26Cl2MgSi. The van der Waals surface area contributed by atoms with Crippen molar-refractivity contribution in [2.24, 2.45) is 5.92 Å². The van der Waals surface area contributed by atoms with Gasteiger partial charge in [0, 0.05) is 8.80 Å². The van der Waals surface area contributed by atoms with Gasteiger partial charge in [0.1, 0.15) is 0 Å². The van der Waals surface area contributed by atoms with Gasteiger partial charge in [-0.05, 0) is 5.92 Å². The zero-order chi connectivity index (χ0) is 9.40. The Morgan fingerprint density at radius 3 is 1.87 bits per heavy atom. The van der Waals surface area contributed by atoms with Crippen molar-refractivity contribution in [2.45, 2.75) is 65.1 Å². The van der Waals surface area contributed by atoms with Gasteiger partial charge in [0.25, 0.3) is 0 Å². The molecule has 0 aliphatic heterocycles. The topological polar surface area (TPSA) is 0 Å². The van der Waals surface area contributed by atoms with Crippen LogP contribution in [0.5, 0.6) is 0 Å². The Hall–Kier alpha value is 1.56. The molecule has 0 radical (unpaired) electrons. The summed E-state index contributed by atoms with van der Waals surface area (Å²) >= 11 is 0. The second-order valence-corrected chi connectivity index (χ2v) is 7.75. The Balaban J connectivity index is -0.000000202. The molecule has 0 aromatic heterocycles. The largest absolute Gasteiger partial charge is 2.00 e. The average Bonchev–Trinajstić information content (AvgIpc) is 2.05. The van der Waals surface area contributed by atoms with E-state index in [9.17, 15) is 0 Å². The molecule has 0 bridgehead atoms. The van der Waals surface area contributed by atoms with Crippen LogP contribution in [0.15, 0.2) is 0 Å². The van der Waals surface area contributed by atoms with Crippen molar-refractivity contribution in [3.8, 4) is 0 Å². The van der Waals surface area contributed by atoms with Crippen LogP contribution >= 0.6 is 0 Å². The van der Waals surface area contributed by atoms with E-state index in [1.54, 1.807) is 6.04 Å². The van der Waals surface area contributed by atoms with Crippen molar-refractivity contribution < 1.29 is 24.8 Å². The van der Waals surface area contributed by atoms with Crippen LogP contribution in [0.25, 0.3) is 0 Å². The van der Waals surface area contributed by atoms with E-state index in [1.165, 1.54) is 32.1 Å². The summed E-state index contributed by atoms with van der Waals surface area (Å²) in [6.45, 7) is 9.57. The zero-order valence-corrected chi connectivity index (χ0v) is 14.9. The van der Waals surface area contributed by atoms with E-state index < -0.39 is 0 Å². The maximum Gasteiger partial charge on any atom is 2.00 e. The van der Waals surface area contributed by atoms with Crippen molar-refractivity contribution in [3.05, 3.63) is 0 Å². The van der Waals surface area contributed by atoms with Gasteiger partial charge in [-0.15, -0.1) is 0 Å². The first-order valence-electron chi connectivity index (χ1n) is 5.70. The average molecular weight is 282 g/mol. The van der Waals surface area contributed by atoms with Crippen LogP contribution in [0.1, 0.15) is 46.0 Å². The third kappa shape index (κ3) is 18.1. The normalized spacial score (nSPS) is 11.0. The molecule has 0 amide bonds. The fourth-order valence-corrected chi connectivity index (χ4v) is 2.75. The summed E-state index contributed by atoms with van der Waals surface area (Å²) in [6.07, 6.45) is 7.21. The molecule has 1 atom stereocenters. The molecule has 15 heavy (non-hydrogen) atoms. The Labute approximate surface area is 127 Å². The number of unbranched alkanes of at least 4 members (excludes halogenated alkanes) is 1. The summed E-state index contributed by atoms with van der Waals surface area (Å²) in [5.74, 6) is 1.04. The molecule has 0 aliphatic carbocycles. The van der Waals surface area contributed by atoms with E-state index in [2.05, 4.69) is 26.9 Å². The molecular weight excluding hydrogens is 255 g/mol. The van der Waals surface area contributed by atoms with E-state index in [-0.39, 0.29) is 56.7 Å². The van der Waals surface area contributed by atoms with Crippen LogP contribution in [0.3, 0.4) is 0 Å². The predicted octanol–water partition coefficient (Wildman–Crippen LogP) is -2.29. The van der Waals surface area contributed by atoms with Crippen molar-refractivity contribution in [1.82, 2.24) is 0 Å². The fraction of sp³-hybridized carbons (Fsp3) is 1.00. The maximum atomic E-state index is 2.46. The molecule has 0 aromatic rings. The molecule has 0 aromatic carbocycles. The molecule has 0 heterocycles. The van der Waals surface area contributed by atoms with Gasteiger partial charge in [0.05, 0.1) is 0 Å². The van der Waals surface area contributed by atoms with Gasteiger partial charge in [0.2, 0.25) is 0 Å². The first kappa shape index (κ1) is 25.4. The van der Waals surface area contributed by atoms with Crippen LogP contribution in [-0.2, 0) is 0 Å². The Morgan fingerprint density at radius 1 is 1.00 bits per heavy atom. The molecule has 0 spiro atoms. The smallest absolute Gasteiger partial charge is 1.00 e. The fourth-order valence-electron chi connectivity index (χ4n) is 1.61. The van der Waals surface area contributed by atoms with Crippen LogP contribution in [0.2, 0.25) is 19.1 Å². The Bertz CT molecular complexity index is 103. The number of hydrogen-bond acceptors (Lipinski definition) is 0. The van der Waals surface area contributed by atoms with Gasteiger partial charge in [-0.3, -0.25) is 0 Å². The number of hydrogen-bond donors (Lipinski definition) is 0. The number of rotatable bonds is 7. The molecule has 0 fully saturated rings. The third-order valence-electron chi connectivity index (χ3n) is 2.70. The Morgan fingerprint density at radius 2 is 1.53 bits per heavy atom. The molecule has 1 unspecified atom stereocenters. The second kappa shape index (κ2) is 17.9. The van der Waals surface area contributed by atoms with Gasteiger partial charge >= 0.3 is 23.1 Å². The zero-order valence-electron chi connectivity index (χ0n) is 10.9. The van der Waals surface area contributed by atoms with E-state index in [0.717, 1.165) is 5.92 Å². The van der Waals surface area contributed by atoms with E-state index in [1.807, 2.05) is 0 Å². The summed E-state index contributed by atoms with van der Waals surface area (Å²) in [6, 6.07) is 1.56. The first-order valence-corrected chi connectivity index (χ1v) is 8.83. The molecule has 0 aliphatic rings. The third-order valence-corrected chi connectivity index (χ3v) is 4.18. The summed E-state index contributed by atoms with van der Waals surface area (Å²) < 4.78 is 0. The number of halogens is 2. The Kier molecular flexibility index (Phi) is 30.4. The van der Waals surface area contributed by atoms with Crippen LogP contribution in [0.4, 0.5) is 0 Å². The van der Waals surface area contributed by atoms with Crippen molar-refractivity contribution >= 4 is 31.8 Å². The van der Waals surface area contributed by atoms with E-state index in [4.69, 9.17) is 0 Å². The molecule has 0 rings (SSSR count).